The predicted molar refractivity (Wildman–Crippen MR) is 89.1 cm³/mol. The highest BCUT2D eigenvalue weighted by Crippen LogP contribution is 2.23. The molecule has 0 radical (unpaired) electrons. The summed E-state index contributed by atoms with van der Waals surface area (Å²) in [6, 6.07) is 7.58. The van der Waals surface area contributed by atoms with Crippen LogP contribution in [0, 0.1) is 5.41 Å². The van der Waals surface area contributed by atoms with E-state index >= 15 is 0 Å². The van der Waals surface area contributed by atoms with E-state index in [1.54, 1.807) is 7.11 Å². The fourth-order valence-electron chi connectivity index (χ4n) is 2.52. The molecule has 0 saturated carbocycles. The second-order valence-electron chi connectivity index (χ2n) is 7.09. The van der Waals surface area contributed by atoms with E-state index in [-0.39, 0.29) is 29.9 Å². The van der Waals surface area contributed by atoms with Crippen molar-refractivity contribution in [1.82, 2.24) is 5.32 Å². The molecule has 1 aromatic carbocycles. The Morgan fingerprint density at radius 3 is 2.32 bits per heavy atom. The van der Waals surface area contributed by atoms with E-state index in [0.717, 1.165) is 17.7 Å². The van der Waals surface area contributed by atoms with Gasteiger partial charge in [0.15, 0.2) is 0 Å². The summed E-state index contributed by atoms with van der Waals surface area (Å²) in [5.74, 6) is 0.914. The number of amides is 1. The minimum atomic E-state index is -0.185. The Morgan fingerprint density at radius 2 is 1.86 bits per heavy atom. The Hall–Kier alpha value is -1.55. The van der Waals surface area contributed by atoms with Crippen LogP contribution >= 0.6 is 0 Å². The zero-order valence-corrected chi connectivity index (χ0v) is 14.3. The summed E-state index contributed by atoms with van der Waals surface area (Å²) >= 11 is 0. The Morgan fingerprint density at radius 1 is 1.27 bits per heavy atom. The molecule has 0 aliphatic carbocycles. The number of rotatable bonds is 7. The lowest BCUT2D eigenvalue weighted by atomic mass is 9.88. The number of carbonyl (C=O) groups is 1. The van der Waals surface area contributed by atoms with Gasteiger partial charge in [0.25, 0.3) is 0 Å². The maximum Gasteiger partial charge on any atom is 0.220 e. The molecule has 2 unspecified atom stereocenters. The summed E-state index contributed by atoms with van der Waals surface area (Å²) < 4.78 is 5.14. The largest absolute Gasteiger partial charge is 0.497 e. The second kappa shape index (κ2) is 8.18. The number of nitrogens with one attached hydrogen (secondary N) is 1. The molecule has 1 aromatic rings. The van der Waals surface area contributed by atoms with Crippen LogP contribution in [0.1, 0.15) is 52.0 Å². The van der Waals surface area contributed by atoms with Crippen LogP contribution in [0.5, 0.6) is 5.75 Å². The van der Waals surface area contributed by atoms with Crippen LogP contribution in [0.15, 0.2) is 24.3 Å². The van der Waals surface area contributed by atoms with Gasteiger partial charge in [0, 0.05) is 6.42 Å². The van der Waals surface area contributed by atoms with Gasteiger partial charge < -0.3 is 15.2 Å². The minimum Gasteiger partial charge on any atom is -0.497 e. The van der Waals surface area contributed by atoms with Crippen molar-refractivity contribution in [3.05, 3.63) is 29.8 Å². The number of methoxy groups -OCH3 is 1. The maximum absolute atomic E-state index is 12.2. The first-order valence-electron chi connectivity index (χ1n) is 7.79. The van der Waals surface area contributed by atoms with Crippen molar-refractivity contribution in [2.45, 2.75) is 52.5 Å². The number of benzene rings is 1. The number of ether oxygens (including phenoxy) is 1. The number of hydrogen-bond donors (Lipinski definition) is 2. The van der Waals surface area contributed by atoms with Crippen LogP contribution in [0.4, 0.5) is 0 Å². The summed E-state index contributed by atoms with van der Waals surface area (Å²) in [6.45, 7) is 8.30. The van der Waals surface area contributed by atoms with Crippen molar-refractivity contribution in [3.63, 3.8) is 0 Å². The Balaban J connectivity index is 2.55. The van der Waals surface area contributed by atoms with Crippen molar-refractivity contribution < 1.29 is 14.6 Å². The van der Waals surface area contributed by atoms with Crippen LogP contribution in [-0.4, -0.2) is 30.8 Å². The van der Waals surface area contributed by atoms with Gasteiger partial charge >= 0.3 is 0 Å². The smallest absolute Gasteiger partial charge is 0.220 e. The standard InChI is InChI=1S/C18H29NO3/c1-13(14-6-8-16(22-5)9-7-14)10-17(21)19-15(12-20)11-18(2,3)4/h6-9,13,15,20H,10-12H2,1-5H3,(H,19,21). The van der Waals surface area contributed by atoms with Crippen LogP contribution < -0.4 is 10.1 Å². The van der Waals surface area contributed by atoms with Gasteiger partial charge in [-0.1, -0.05) is 39.8 Å². The molecule has 0 saturated heterocycles. The molecule has 0 fully saturated rings. The van der Waals surface area contributed by atoms with E-state index in [0.29, 0.717) is 6.42 Å². The molecule has 0 bridgehead atoms. The first kappa shape index (κ1) is 18.5. The Bertz CT molecular complexity index is 462. The monoisotopic (exact) mass is 307 g/mol. The van der Waals surface area contributed by atoms with Gasteiger partial charge in [-0.25, -0.2) is 0 Å². The topological polar surface area (TPSA) is 58.6 Å². The van der Waals surface area contributed by atoms with Crippen molar-refractivity contribution >= 4 is 5.91 Å². The van der Waals surface area contributed by atoms with Crippen molar-refractivity contribution in [1.29, 1.82) is 0 Å². The molecule has 4 nitrogen and oxygen atoms in total. The Labute approximate surface area is 133 Å². The van der Waals surface area contributed by atoms with Gasteiger partial charge in [-0.15, -0.1) is 0 Å². The quantitative estimate of drug-likeness (QED) is 0.814. The number of aliphatic hydroxyl groups excluding tert-OH is 1. The zero-order chi connectivity index (χ0) is 16.8. The first-order chi connectivity index (χ1) is 10.2. The molecule has 1 rings (SSSR count). The molecule has 0 heterocycles. The fraction of sp³-hybridized carbons (Fsp3) is 0.611. The van der Waals surface area contributed by atoms with Crippen molar-refractivity contribution in [2.75, 3.05) is 13.7 Å². The van der Waals surface area contributed by atoms with Crippen molar-refractivity contribution in [2.24, 2.45) is 5.41 Å². The van der Waals surface area contributed by atoms with Gasteiger partial charge in [0.2, 0.25) is 5.91 Å². The molecule has 2 N–H and O–H groups in total. The molecular weight excluding hydrogens is 278 g/mol. The molecule has 22 heavy (non-hydrogen) atoms. The van der Waals surface area contributed by atoms with E-state index in [1.807, 2.05) is 31.2 Å². The lowest BCUT2D eigenvalue weighted by Gasteiger charge is -2.26. The number of carbonyl (C=O) groups excluding carboxylic acids is 1. The molecule has 0 aliphatic rings. The SMILES string of the molecule is COc1ccc(C(C)CC(=O)NC(CO)CC(C)(C)C)cc1. The molecule has 2 atom stereocenters. The fourth-order valence-corrected chi connectivity index (χ4v) is 2.52. The third-order valence-corrected chi connectivity index (χ3v) is 3.62. The summed E-state index contributed by atoms with van der Waals surface area (Å²) in [4.78, 5) is 12.2. The van der Waals surface area contributed by atoms with Crippen LogP contribution in [-0.2, 0) is 4.79 Å². The van der Waals surface area contributed by atoms with E-state index in [1.165, 1.54) is 0 Å². The molecule has 1 amide bonds. The number of hydrogen-bond acceptors (Lipinski definition) is 3. The normalized spacial score (nSPS) is 14.3. The Kier molecular flexibility index (Phi) is 6.88. The van der Waals surface area contributed by atoms with Gasteiger partial charge in [0.05, 0.1) is 19.8 Å². The predicted octanol–water partition coefficient (Wildman–Crippen LogP) is 3.10. The average Bonchev–Trinajstić information content (AvgIpc) is 2.45. The molecule has 0 aliphatic heterocycles. The van der Waals surface area contributed by atoms with Gasteiger partial charge in [-0.05, 0) is 35.4 Å². The van der Waals surface area contributed by atoms with Crippen LogP contribution in [0.2, 0.25) is 0 Å². The molecule has 0 aromatic heterocycles. The van der Waals surface area contributed by atoms with E-state index in [2.05, 4.69) is 26.1 Å². The maximum atomic E-state index is 12.2. The molecule has 4 heteroatoms. The van der Waals surface area contributed by atoms with E-state index < -0.39 is 0 Å². The number of aliphatic hydroxyl groups is 1. The lowest BCUT2D eigenvalue weighted by molar-refractivity contribution is -0.122. The summed E-state index contributed by atoms with van der Waals surface area (Å²) in [5, 5.41) is 12.4. The first-order valence-corrected chi connectivity index (χ1v) is 7.79. The molecular formula is C18H29NO3. The summed E-state index contributed by atoms with van der Waals surface area (Å²) in [6.07, 6.45) is 1.17. The second-order valence-corrected chi connectivity index (χ2v) is 7.09. The summed E-state index contributed by atoms with van der Waals surface area (Å²) in [7, 11) is 1.64. The third kappa shape index (κ3) is 6.48. The summed E-state index contributed by atoms with van der Waals surface area (Å²) in [5.41, 5.74) is 1.18. The minimum absolute atomic E-state index is 0.0216. The highest BCUT2D eigenvalue weighted by Gasteiger charge is 2.20. The van der Waals surface area contributed by atoms with Gasteiger partial charge in [-0.3, -0.25) is 4.79 Å². The lowest BCUT2D eigenvalue weighted by Crippen LogP contribution is -2.40. The highest BCUT2D eigenvalue weighted by atomic mass is 16.5. The van der Waals surface area contributed by atoms with Crippen molar-refractivity contribution in [3.8, 4) is 5.75 Å². The van der Waals surface area contributed by atoms with Crippen LogP contribution in [0.3, 0.4) is 0 Å². The average molecular weight is 307 g/mol. The highest BCUT2D eigenvalue weighted by molar-refractivity contribution is 5.77. The van der Waals surface area contributed by atoms with E-state index in [9.17, 15) is 9.90 Å². The third-order valence-electron chi connectivity index (χ3n) is 3.62. The van der Waals surface area contributed by atoms with Gasteiger partial charge in [0.1, 0.15) is 5.75 Å². The molecule has 124 valence electrons. The van der Waals surface area contributed by atoms with E-state index in [4.69, 9.17) is 4.74 Å². The van der Waals surface area contributed by atoms with Crippen LogP contribution in [0.25, 0.3) is 0 Å². The van der Waals surface area contributed by atoms with Gasteiger partial charge in [-0.2, -0.15) is 0 Å². The molecule has 0 spiro atoms. The zero-order valence-electron chi connectivity index (χ0n) is 14.3.